The maximum Gasteiger partial charge on any atom is 0.408 e. The SMILES string of the molecule is Cc1nonc1C(=O)N[C@H](c1nc2c(F)c([C@H](CC(F)F)c3cnnn3CC(F)(F)F)ccc2[nH]1)C1CCC(F)(F)CC1. The highest BCUT2D eigenvalue weighted by Gasteiger charge is 2.40. The average Bonchev–Trinajstić information content (AvgIpc) is 3.65. The minimum absolute atomic E-state index is 0.00193. The number of imidazole rings is 1. The molecule has 3 aromatic heterocycles. The largest absolute Gasteiger partial charge is 0.408 e. The number of alkyl halides is 7. The molecule has 1 aliphatic carbocycles. The summed E-state index contributed by atoms with van der Waals surface area (Å²) in [6, 6.07) is 1.42. The van der Waals surface area contributed by atoms with E-state index in [9.17, 15) is 35.5 Å². The lowest BCUT2D eigenvalue weighted by Crippen LogP contribution is -2.38. The molecule has 232 valence electrons. The summed E-state index contributed by atoms with van der Waals surface area (Å²) in [6.45, 7) is -0.160. The van der Waals surface area contributed by atoms with Gasteiger partial charge in [-0.1, -0.05) is 16.4 Å². The summed E-state index contributed by atoms with van der Waals surface area (Å²) >= 11 is 0. The first-order valence-electron chi connectivity index (χ1n) is 13.1. The molecule has 43 heavy (non-hydrogen) atoms. The molecule has 0 unspecified atom stereocenters. The molecule has 18 heteroatoms. The Hall–Kier alpha value is -4.12. The number of carbonyl (C=O) groups is 1. The summed E-state index contributed by atoms with van der Waals surface area (Å²) in [7, 11) is 0. The van der Waals surface area contributed by atoms with E-state index in [2.05, 4.69) is 40.5 Å². The van der Waals surface area contributed by atoms with Gasteiger partial charge in [-0.2, -0.15) is 13.2 Å². The van der Waals surface area contributed by atoms with E-state index in [0.29, 0.717) is 4.68 Å². The van der Waals surface area contributed by atoms with Crippen LogP contribution < -0.4 is 5.32 Å². The topological polar surface area (TPSA) is 127 Å². The van der Waals surface area contributed by atoms with Crippen LogP contribution in [-0.2, 0) is 6.54 Å². The predicted octanol–water partition coefficient (Wildman–Crippen LogP) is 5.63. The smallest absolute Gasteiger partial charge is 0.340 e. The van der Waals surface area contributed by atoms with Crippen LogP contribution in [0.15, 0.2) is 23.0 Å². The van der Waals surface area contributed by atoms with Gasteiger partial charge in [0.15, 0.2) is 11.5 Å². The summed E-state index contributed by atoms with van der Waals surface area (Å²) in [5.74, 6) is -6.85. The van der Waals surface area contributed by atoms with E-state index in [0.717, 1.165) is 12.3 Å². The van der Waals surface area contributed by atoms with Crippen molar-refractivity contribution in [3.63, 3.8) is 0 Å². The van der Waals surface area contributed by atoms with Gasteiger partial charge < -0.3 is 10.3 Å². The third-order valence-electron chi connectivity index (χ3n) is 7.45. The minimum Gasteiger partial charge on any atom is -0.340 e. The van der Waals surface area contributed by atoms with E-state index >= 15 is 4.39 Å². The van der Waals surface area contributed by atoms with Crippen LogP contribution in [0.4, 0.5) is 35.1 Å². The summed E-state index contributed by atoms with van der Waals surface area (Å²) in [5.41, 5.74) is -1.02. The van der Waals surface area contributed by atoms with Gasteiger partial charge >= 0.3 is 6.18 Å². The molecule has 1 aromatic carbocycles. The third-order valence-corrected chi connectivity index (χ3v) is 7.45. The van der Waals surface area contributed by atoms with Crippen LogP contribution >= 0.6 is 0 Å². The zero-order valence-corrected chi connectivity index (χ0v) is 22.3. The molecule has 2 atom stereocenters. The van der Waals surface area contributed by atoms with Gasteiger partial charge in [0.2, 0.25) is 12.3 Å². The fraction of sp³-hybridized carbons (Fsp3) is 0.520. The normalized spacial score (nSPS) is 17.4. The summed E-state index contributed by atoms with van der Waals surface area (Å²) < 4.78 is 115. The van der Waals surface area contributed by atoms with Gasteiger partial charge in [-0.15, -0.1) is 5.10 Å². The zero-order chi connectivity index (χ0) is 31.1. The second-order valence-electron chi connectivity index (χ2n) is 10.4. The van der Waals surface area contributed by atoms with Crippen molar-refractivity contribution in [1.29, 1.82) is 0 Å². The number of benzene rings is 1. The lowest BCUT2D eigenvalue weighted by atomic mass is 9.81. The molecule has 3 heterocycles. The van der Waals surface area contributed by atoms with Crippen LogP contribution in [0, 0.1) is 18.7 Å². The molecule has 10 nitrogen and oxygen atoms in total. The highest BCUT2D eigenvalue weighted by Crippen LogP contribution is 2.42. The van der Waals surface area contributed by atoms with E-state index in [-0.39, 0.29) is 52.3 Å². The minimum atomic E-state index is -4.75. The Morgan fingerprint density at radius 2 is 1.93 bits per heavy atom. The van der Waals surface area contributed by atoms with Crippen LogP contribution in [0.2, 0.25) is 0 Å². The van der Waals surface area contributed by atoms with Crippen LogP contribution in [0.5, 0.6) is 0 Å². The Balaban J connectivity index is 1.53. The van der Waals surface area contributed by atoms with Gasteiger partial charge in [-0.05, 0) is 42.5 Å². The van der Waals surface area contributed by atoms with Crippen molar-refractivity contribution in [2.24, 2.45) is 5.92 Å². The molecule has 1 aliphatic rings. The van der Waals surface area contributed by atoms with E-state index in [1.165, 1.54) is 13.0 Å². The first-order chi connectivity index (χ1) is 20.2. The molecule has 4 aromatic rings. The number of aromatic amines is 1. The van der Waals surface area contributed by atoms with Crippen molar-refractivity contribution < 1.29 is 44.5 Å². The van der Waals surface area contributed by atoms with Crippen molar-refractivity contribution >= 4 is 16.9 Å². The number of hydrogen-bond donors (Lipinski definition) is 2. The number of H-pyrrole nitrogens is 1. The van der Waals surface area contributed by atoms with Crippen molar-refractivity contribution in [3.05, 3.63) is 52.6 Å². The second kappa shape index (κ2) is 11.5. The molecular weight excluding hydrogens is 596 g/mol. The van der Waals surface area contributed by atoms with Crippen LogP contribution in [0.1, 0.15) is 77.3 Å². The first kappa shape index (κ1) is 30.3. The maximum absolute atomic E-state index is 16.0. The first-order valence-corrected chi connectivity index (χ1v) is 13.1. The molecule has 1 amide bonds. The van der Waals surface area contributed by atoms with Gasteiger partial charge in [0.25, 0.3) is 5.91 Å². The van der Waals surface area contributed by atoms with Crippen molar-refractivity contribution in [1.82, 2.24) is 40.6 Å². The van der Waals surface area contributed by atoms with E-state index in [4.69, 9.17) is 0 Å². The van der Waals surface area contributed by atoms with Gasteiger partial charge in [-0.25, -0.2) is 36.2 Å². The van der Waals surface area contributed by atoms with Gasteiger partial charge in [0, 0.05) is 25.2 Å². The molecule has 1 fully saturated rings. The van der Waals surface area contributed by atoms with E-state index in [1.54, 1.807) is 0 Å². The Bertz CT molecular complexity index is 1590. The van der Waals surface area contributed by atoms with Gasteiger partial charge in [-0.3, -0.25) is 4.79 Å². The molecule has 2 N–H and O–H groups in total. The molecule has 0 spiro atoms. The Kier molecular flexibility index (Phi) is 8.13. The molecule has 0 aliphatic heterocycles. The van der Waals surface area contributed by atoms with Crippen LogP contribution in [0.3, 0.4) is 0 Å². The number of aryl methyl sites for hydroxylation is 1. The molecule has 0 bridgehead atoms. The summed E-state index contributed by atoms with van der Waals surface area (Å²) in [5, 5.41) is 16.5. The summed E-state index contributed by atoms with van der Waals surface area (Å²) in [6.07, 6.45) is -8.88. The number of nitrogens with zero attached hydrogens (tertiary/aromatic N) is 6. The number of amides is 1. The number of rotatable bonds is 9. The van der Waals surface area contributed by atoms with E-state index < -0.39 is 73.9 Å². The number of halogens is 8. The fourth-order valence-electron chi connectivity index (χ4n) is 5.36. The quantitative estimate of drug-likeness (QED) is 0.232. The lowest BCUT2D eigenvalue weighted by molar-refractivity contribution is -0.143. The number of hydrogen-bond acceptors (Lipinski definition) is 7. The average molecular weight is 621 g/mol. The zero-order valence-electron chi connectivity index (χ0n) is 22.3. The highest BCUT2D eigenvalue weighted by atomic mass is 19.4. The predicted molar refractivity (Wildman–Crippen MR) is 131 cm³/mol. The monoisotopic (exact) mass is 620 g/mol. The lowest BCUT2D eigenvalue weighted by Gasteiger charge is -2.33. The molecule has 5 rings (SSSR count). The van der Waals surface area contributed by atoms with Crippen molar-refractivity contribution in [2.75, 3.05) is 0 Å². The summed E-state index contributed by atoms with van der Waals surface area (Å²) in [4.78, 5) is 20.1. The second-order valence-corrected chi connectivity index (χ2v) is 10.4. The van der Waals surface area contributed by atoms with Gasteiger partial charge in [0.05, 0.1) is 23.4 Å². The highest BCUT2D eigenvalue weighted by molar-refractivity contribution is 5.93. The number of nitrogens with one attached hydrogen (secondary N) is 2. The van der Waals surface area contributed by atoms with E-state index in [1.807, 2.05) is 0 Å². The maximum atomic E-state index is 16.0. The fourth-order valence-corrected chi connectivity index (χ4v) is 5.36. The standard InChI is InChI=1S/C25H24F8N8O2/c1-11-19(39-43-38-11)23(42)37-20(12-4-6-24(29,30)7-5-12)22-35-15-3-2-13(18(28)21(15)36-22)14(8-17(26)27)16-9-34-40-41(16)10-25(31,32)33/h2-3,9,12,14,17,20H,4-8,10H2,1H3,(H,35,36)(H,37,42)/t14-,20-/m0/s1. The molecular formula is C25H24F8N8O2. The third kappa shape index (κ3) is 6.61. The number of carbonyl (C=O) groups excluding carboxylic acids is 1. The molecule has 0 saturated heterocycles. The Morgan fingerprint density at radius 1 is 1.21 bits per heavy atom. The van der Waals surface area contributed by atoms with Crippen LogP contribution in [-0.4, -0.2) is 59.7 Å². The molecule has 0 radical (unpaired) electrons. The van der Waals surface area contributed by atoms with Crippen molar-refractivity contribution in [3.8, 4) is 0 Å². The van der Waals surface area contributed by atoms with Gasteiger partial charge in [0.1, 0.15) is 23.6 Å². The van der Waals surface area contributed by atoms with Crippen LogP contribution in [0.25, 0.3) is 11.0 Å². The number of fused-ring (bicyclic) bond motifs is 1. The Labute approximate surface area is 237 Å². The number of aromatic nitrogens is 7. The van der Waals surface area contributed by atoms with Crippen molar-refractivity contribution in [2.45, 2.75) is 76.1 Å². The Morgan fingerprint density at radius 3 is 2.56 bits per heavy atom. The molecule has 1 saturated carbocycles.